The van der Waals surface area contributed by atoms with E-state index in [-0.39, 0.29) is 0 Å². The second-order valence-corrected chi connectivity index (χ2v) is 7.66. The topological polar surface area (TPSA) is 61.6 Å². The highest BCUT2D eigenvalue weighted by atomic mass is 35.5. The van der Waals surface area contributed by atoms with Crippen LogP contribution >= 0.6 is 11.6 Å². The van der Waals surface area contributed by atoms with Crippen LogP contribution in [0, 0.1) is 6.92 Å². The smallest absolute Gasteiger partial charge is 0.194 e. The molecular formula is C22H26ClN7. The van der Waals surface area contributed by atoms with Gasteiger partial charge in [0.05, 0.1) is 0 Å². The Labute approximate surface area is 182 Å². The van der Waals surface area contributed by atoms with Gasteiger partial charge in [-0.15, -0.1) is 0 Å². The van der Waals surface area contributed by atoms with E-state index in [0.717, 1.165) is 54.4 Å². The first kappa shape index (κ1) is 20.2. The van der Waals surface area contributed by atoms with Crippen molar-refractivity contribution in [3.05, 3.63) is 71.4 Å². The minimum atomic E-state index is 0.678. The molecule has 0 unspecified atom stereocenters. The summed E-state index contributed by atoms with van der Waals surface area (Å²) in [5.74, 6) is 2.70. The first-order valence-corrected chi connectivity index (χ1v) is 10.4. The molecular weight excluding hydrogens is 398 g/mol. The van der Waals surface area contributed by atoms with Crippen molar-refractivity contribution >= 4 is 23.2 Å². The molecule has 1 aliphatic heterocycles. The summed E-state index contributed by atoms with van der Waals surface area (Å²) < 4.78 is 1.97. The van der Waals surface area contributed by atoms with Crippen molar-refractivity contribution in [3.8, 4) is 5.82 Å². The number of pyridine rings is 1. The third kappa shape index (κ3) is 4.57. The number of aliphatic imine (C=N–C) groups is 1. The Bertz CT molecular complexity index is 1000. The maximum atomic E-state index is 6.14. The molecule has 1 aliphatic rings. The van der Waals surface area contributed by atoms with Crippen LogP contribution in [0.15, 0.2) is 60.0 Å². The molecule has 1 N–H and O–H groups in total. The summed E-state index contributed by atoms with van der Waals surface area (Å²) in [6.07, 6.45) is 5.59. The molecule has 0 atom stereocenters. The van der Waals surface area contributed by atoms with Gasteiger partial charge in [-0.05, 0) is 36.8 Å². The largest absolute Gasteiger partial charge is 0.368 e. The van der Waals surface area contributed by atoms with Crippen LogP contribution in [-0.4, -0.2) is 58.6 Å². The number of anilines is 1. The molecule has 0 saturated carbocycles. The quantitative estimate of drug-likeness (QED) is 0.516. The van der Waals surface area contributed by atoms with Gasteiger partial charge in [0.15, 0.2) is 5.96 Å². The molecule has 1 saturated heterocycles. The molecule has 0 bridgehead atoms. The molecule has 3 aromatic rings. The number of piperazine rings is 1. The number of guanidine groups is 1. The molecule has 1 fully saturated rings. The van der Waals surface area contributed by atoms with Crippen molar-refractivity contribution in [2.45, 2.75) is 13.5 Å². The van der Waals surface area contributed by atoms with E-state index in [9.17, 15) is 0 Å². The number of imidazole rings is 1. The molecule has 7 nitrogen and oxygen atoms in total. The number of halogens is 1. The molecule has 2 aromatic heterocycles. The minimum Gasteiger partial charge on any atom is -0.368 e. The number of nitrogens with one attached hydrogen (secondary N) is 1. The van der Waals surface area contributed by atoms with Crippen LogP contribution < -0.4 is 10.2 Å². The maximum absolute atomic E-state index is 6.14. The van der Waals surface area contributed by atoms with E-state index in [1.807, 2.05) is 55.2 Å². The molecule has 0 aliphatic carbocycles. The number of aryl methyl sites for hydroxylation is 1. The van der Waals surface area contributed by atoms with Gasteiger partial charge in [0.2, 0.25) is 0 Å². The van der Waals surface area contributed by atoms with E-state index in [4.69, 9.17) is 11.6 Å². The summed E-state index contributed by atoms with van der Waals surface area (Å²) in [6, 6.07) is 12.1. The van der Waals surface area contributed by atoms with Crippen LogP contribution in [0.5, 0.6) is 0 Å². The molecule has 156 valence electrons. The Hall–Kier alpha value is -3.06. The SMILES string of the molecule is CN=C(NCc1ccc(-n2ccnc2C)nc1)N1CCN(c2cccc(Cl)c2)CC1. The van der Waals surface area contributed by atoms with Crippen molar-refractivity contribution in [1.29, 1.82) is 0 Å². The molecule has 8 heteroatoms. The second kappa shape index (κ2) is 9.17. The number of rotatable bonds is 4. The lowest BCUT2D eigenvalue weighted by Gasteiger charge is -2.37. The average Bonchev–Trinajstić information content (AvgIpc) is 3.21. The number of hydrogen-bond acceptors (Lipinski definition) is 4. The third-order valence-corrected chi connectivity index (χ3v) is 5.53. The Morgan fingerprint density at radius 2 is 1.97 bits per heavy atom. The van der Waals surface area contributed by atoms with Gasteiger partial charge in [0.25, 0.3) is 0 Å². The lowest BCUT2D eigenvalue weighted by atomic mass is 10.2. The highest BCUT2D eigenvalue weighted by Crippen LogP contribution is 2.20. The maximum Gasteiger partial charge on any atom is 0.194 e. The monoisotopic (exact) mass is 423 g/mol. The molecule has 30 heavy (non-hydrogen) atoms. The zero-order valence-corrected chi connectivity index (χ0v) is 18.0. The summed E-state index contributed by atoms with van der Waals surface area (Å²) in [7, 11) is 1.83. The molecule has 0 spiro atoms. The number of hydrogen-bond donors (Lipinski definition) is 1. The van der Waals surface area contributed by atoms with Gasteiger partial charge in [-0.2, -0.15) is 0 Å². The number of benzene rings is 1. The van der Waals surface area contributed by atoms with Crippen molar-refractivity contribution < 1.29 is 0 Å². The Morgan fingerprint density at radius 1 is 1.13 bits per heavy atom. The van der Waals surface area contributed by atoms with E-state index in [1.165, 1.54) is 5.69 Å². The van der Waals surface area contributed by atoms with Crippen LogP contribution in [0.25, 0.3) is 5.82 Å². The summed E-state index contributed by atoms with van der Waals surface area (Å²) in [6.45, 7) is 6.32. The molecule has 0 amide bonds. The van der Waals surface area contributed by atoms with Crippen molar-refractivity contribution in [1.82, 2.24) is 24.8 Å². The highest BCUT2D eigenvalue weighted by molar-refractivity contribution is 6.30. The molecule has 4 rings (SSSR count). The zero-order valence-electron chi connectivity index (χ0n) is 17.3. The Balaban J connectivity index is 1.32. The fourth-order valence-electron chi connectivity index (χ4n) is 3.65. The summed E-state index contributed by atoms with van der Waals surface area (Å²) in [5.41, 5.74) is 2.28. The second-order valence-electron chi connectivity index (χ2n) is 7.22. The fourth-order valence-corrected chi connectivity index (χ4v) is 3.83. The van der Waals surface area contributed by atoms with Gasteiger partial charge in [0.1, 0.15) is 11.6 Å². The lowest BCUT2D eigenvalue weighted by Crippen LogP contribution is -2.52. The summed E-state index contributed by atoms with van der Waals surface area (Å²) in [4.78, 5) is 17.9. The first-order chi connectivity index (χ1) is 14.6. The zero-order chi connectivity index (χ0) is 20.9. The van der Waals surface area contributed by atoms with Crippen LogP contribution in [0.4, 0.5) is 5.69 Å². The highest BCUT2D eigenvalue weighted by Gasteiger charge is 2.20. The first-order valence-electron chi connectivity index (χ1n) is 10.1. The number of aromatic nitrogens is 3. The predicted octanol–water partition coefficient (Wildman–Crippen LogP) is 3.13. The van der Waals surface area contributed by atoms with Gasteiger partial charge in [-0.3, -0.25) is 9.56 Å². The Morgan fingerprint density at radius 3 is 2.60 bits per heavy atom. The van der Waals surface area contributed by atoms with Crippen LogP contribution in [0.1, 0.15) is 11.4 Å². The van der Waals surface area contributed by atoms with Crippen LogP contribution in [0.2, 0.25) is 5.02 Å². The summed E-state index contributed by atoms with van der Waals surface area (Å²) in [5, 5.41) is 4.24. The van der Waals surface area contributed by atoms with Crippen molar-refractivity contribution in [2.24, 2.45) is 4.99 Å². The summed E-state index contributed by atoms with van der Waals surface area (Å²) >= 11 is 6.14. The van der Waals surface area contributed by atoms with Gasteiger partial charge in [-0.1, -0.05) is 23.7 Å². The van der Waals surface area contributed by atoms with Crippen LogP contribution in [-0.2, 0) is 6.54 Å². The third-order valence-electron chi connectivity index (χ3n) is 5.30. The van der Waals surface area contributed by atoms with Gasteiger partial charge < -0.3 is 15.1 Å². The molecule has 3 heterocycles. The fraction of sp³-hybridized carbons (Fsp3) is 0.318. The van der Waals surface area contributed by atoms with Crippen molar-refractivity contribution in [2.75, 3.05) is 38.1 Å². The van der Waals surface area contributed by atoms with E-state index in [1.54, 1.807) is 6.20 Å². The van der Waals surface area contributed by atoms with E-state index in [2.05, 4.69) is 42.2 Å². The predicted molar refractivity (Wildman–Crippen MR) is 122 cm³/mol. The average molecular weight is 424 g/mol. The van der Waals surface area contributed by atoms with Gasteiger partial charge >= 0.3 is 0 Å². The van der Waals surface area contributed by atoms with Crippen LogP contribution in [0.3, 0.4) is 0 Å². The molecule has 1 aromatic carbocycles. The molecule has 0 radical (unpaired) electrons. The van der Waals surface area contributed by atoms with Gasteiger partial charge in [-0.25, -0.2) is 9.97 Å². The van der Waals surface area contributed by atoms with Crippen molar-refractivity contribution in [3.63, 3.8) is 0 Å². The van der Waals surface area contributed by atoms with E-state index in [0.29, 0.717) is 6.54 Å². The number of nitrogens with zero attached hydrogens (tertiary/aromatic N) is 6. The minimum absolute atomic E-state index is 0.678. The van der Waals surface area contributed by atoms with Gasteiger partial charge in [0, 0.05) is 69.1 Å². The lowest BCUT2D eigenvalue weighted by molar-refractivity contribution is 0.372. The standard InChI is InChI=1S/C22H26ClN7/c1-17-25-8-9-30(17)21-7-6-18(15-26-21)16-27-22(24-2)29-12-10-28(11-13-29)20-5-3-4-19(23)14-20/h3-9,14-15H,10-13,16H2,1-2H3,(H,24,27). The Kier molecular flexibility index (Phi) is 6.18. The van der Waals surface area contributed by atoms with E-state index >= 15 is 0 Å². The van der Waals surface area contributed by atoms with E-state index < -0.39 is 0 Å². The normalized spacial score (nSPS) is 14.8.